The van der Waals surface area contributed by atoms with Gasteiger partial charge in [-0.25, -0.2) is 26.8 Å². The van der Waals surface area contributed by atoms with Crippen molar-refractivity contribution in [3.8, 4) is 39.9 Å². The van der Waals surface area contributed by atoms with Gasteiger partial charge in [0.25, 0.3) is 0 Å². The van der Waals surface area contributed by atoms with Crippen molar-refractivity contribution in [2.45, 2.75) is 173 Å². The van der Waals surface area contributed by atoms with Gasteiger partial charge in [-0.2, -0.15) is 0 Å². The molecule has 143 heavy (non-hydrogen) atoms. The van der Waals surface area contributed by atoms with Gasteiger partial charge in [0.1, 0.15) is 95.2 Å². The number of nitrogens with one attached hydrogen (secondary N) is 2. The van der Waals surface area contributed by atoms with E-state index in [1.54, 1.807) is 71.2 Å². The molecule has 0 aliphatic heterocycles. The third kappa shape index (κ3) is 55.4. The second-order valence-corrected chi connectivity index (χ2v) is 34.9. The maximum absolute atomic E-state index is 12.2. The van der Waals surface area contributed by atoms with E-state index in [4.69, 9.17) is 87.4 Å². The molecule has 16 N–H and O–H groups in total. The molecule has 33 heteroatoms. The quantitative estimate of drug-likeness (QED) is 0.00747. The summed E-state index contributed by atoms with van der Waals surface area (Å²) in [7, 11) is 0. The lowest BCUT2D eigenvalue weighted by Crippen LogP contribution is -2.09. The van der Waals surface area contributed by atoms with Gasteiger partial charge in [0, 0.05) is 57.8 Å². The minimum Gasteiger partial charge on any atom is -0.502 e. The number of hydrogen-bond donors (Lipinski definition) is 9. The molecule has 23 nitrogen and oxygen atoms in total. The smallest absolute Gasteiger partial charge is 0.228 e. The Labute approximate surface area is 871 Å². The minimum absolute atomic E-state index is 0.00785. The number of aliphatic imine (C=N–C) groups is 8. The molecular weight excluding hydrogens is 2040 g/mol. The second-order valence-electron chi connectivity index (χ2n) is 31.8. The van der Waals surface area contributed by atoms with Gasteiger partial charge in [-0.15, -0.1) is 0 Å². The molecule has 0 aliphatic carbocycles. The van der Waals surface area contributed by atoms with Crippen LogP contribution in [0.1, 0.15) is 182 Å². The number of aromatic nitrogens is 1. The number of benzene rings is 10. The number of hydrogen-bond acceptors (Lipinski definition) is 14. The van der Waals surface area contributed by atoms with Crippen LogP contribution in [0.5, 0.6) is 28.7 Å². The molecule has 0 fully saturated rings. The van der Waals surface area contributed by atoms with Gasteiger partial charge < -0.3 is 74.2 Å². The number of aryl methyl sites for hydroxylation is 3. The van der Waals surface area contributed by atoms with Crippen molar-refractivity contribution in [2.75, 3.05) is 79.6 Å². The lowest BCUT2D eigenvalue weighted by Gasteiger charge is -2.11. The van der Waals surface area contributed by atoms with Crippen LogP contribution in [0.3, 0.4) is 0 Å². The number of aromatic amines is 1. The zero-order valence-electron chi connectivity index (χ0n) is 84.0. The van der Waals surface area contributed by atoms with Crippen LogP contribution in [0, 0.1) is 18.9 Å². The molecule has 0 bridgehead atoms. The van der Waals surface area contributed by atoms with Crippen LogP contribution in [0.4, 0.5) is 32.0 Å². The van der Waals surface area contributed by atoms with E-state index in [2.05, 4.69) is 178 Å². The highest BCUT2D eigenvalue weighted by Gasteiger charge is 2.12. The predicted octanol–water partition coefficient (Wildman–Crippen LogP) is 26.6. The molecule has 0 spiro atoms. The van der Waals surface area contributed by atoms with E-state index in [9.17, 15) is 26.3 Å². The fourth-order valence-corrected chi connectivity index (χ4v) is 13.9. The normalized spacial score (nSPS) is 11.8. The molecule has 0 saturated heterocycles. The van der Waals surface area contributed by atoms with E-state index in [-0.39, 0.29) is 51.8 Å². The molecule has 0 radical (unpaired) electrons. The van der Waals surface area contributed by atoms with Crippen LogP contribution in [-0.4, -0.2) is 137 Å². The Morgan fingerprint density at radius 2 is 0.888 bits per heavy atom. The Morgan fingerprint density at radius 1 is 0.448 bits per heavy atom. The number of halogens is 10. The van der Waals surface area contributed by atoms with Gasteiger partial charge in [-0.3, -0.25) is 44.3 Å². The van der Waals surface area contributed by atoms with Gasteiger partial charge in [0.2, 0.25) is 5.69 Å². The van der Waals surface area contributed by atoms with E-state index in [1.165, 1.54) is 44.3 Å². The van der Waals surface area contributed by atoms with Crippen molar-refractivity contribution < 1.29 is 50.0 Å². The Balaban J connectivity index is 0.000000415. The number of alkyl halides is 6. The molecule has 11 aromatic rings. The number of ether oxygens (including phenoxy) is 5. The first-order valence-electron chi connectivity index (χ1n) is 46.7. The molecule has 0 amide bonds. The fourth-order valence-electron chi connectivity index (χ4n) is 12.2. The number of amidine groups is 7. The molecule has 1 heterocycles. The zero-order chi connectivity index (χ0) is 106. The lowest BCUT2D eigenvalue weighted by molar-refractivity contribution is 0.272. The maximum Gasteiger partial charge on any atom is 0.228 e. The Morgan fingerprint density at radius 3 is 1.36 bits per heavy atom. The monoisotopic (exact) mass is 2180 g/mol. The number of rotatable bonds is 41. The summed E-state index contributed by atoms with van der Waals surface area (Å²) in [5.74, 6) is 7.36. The van der Waals surface area contributed by atoms with E-state index < -0.39 is 33.4 Å². The second kappa shape index (κ2) is 74.1. The highest BCUT2D eigenvalue weighted by atomic mass is 79.9. The van der Waals surface area contributed by atoms with Crippen molar-refractivity contribution in [3.63, 3.8) is 0 Å². The summed E-state index contributed by atoms with van der Waals surface area (Å²) in [6.45, 7) is 30.8. The summed E-state index contributed by atoms with van der Waals surface area (Å²) in [6, 6.07) is 70.1. The Bertz CT molecular complexity index is 5660. The topological polar surface area (TPSA) is 371 Å². The molecule has 0 aliphatic rings. The minimum atomic E-state index is -0.574. The van der Waals surface area contributed by atoms with Crippen molar-refractivity contribution in [3.05, 3.63) is 316 Å². The molecule has 2 unspecified atom stereocenters. The number of nitrogens with zero attached hydrogens (tertiary/aromatic N) is 9. The summed E-state index contributed by atoms with van der Waals surface area (Å²) >= 11 is 16.0. The van der Waals surface area contributed by atoms with Crippen LogP contribution in [0.15, 0.2) is 278 Å². The van der Waals surface area contributed by atoms with E-state index in [0.29, 0.717) is 115 Å². The van der Waals surface area contributed by atoms with Crippen molar-refractivity contribution >= 4 is 129 Å². The van der Waals surface area contributed by atoms with Crippen molar-refractivity contribution in [1.29, 1.82) is 5.41 Å². The summed E-state index contributed by atoms with van der Waals surface area (Å²) in [4.78, 5) is 40.1. The van der Waals surface area contributed by atoms with Crippen LogP contribution >= 0.6 is 59.4 Å². The van der Waals surface area contributed by atoms with E-state index >= 15 is 0 Å². The predicted molar refractivity (Wildman–Crippen MR) is 596 cm³/mol. The summed E-state index contributed by atoms with van der Waals surface area (Å²) < 4.78 is 100. The zero-order valence-corrected chi connectivity index (χ0v) is 89.5. The average molecular weight is 2180 g/mol. The number of nitrogens with two attached hydrogens (primary N) is 7. The Kier molecular flexibility index (Phi) is 64.5. The molecule has 10 aromatic carbocycles. The fraction of sp³-hybridized carbons (Fsp3) is 0.345. The molecular formula is C110H140Br3ClF6N18O5. The summed E-state index contributed by atoms with van der Waals surface area (Å²) in [5.41, 5.74) is 55.3. The molecule has 1 aromatic heterocycles. The largest absolute Gasteiger partial charge is 0.502 e. The average Bonchev–Trinajstić information content (AvgIpc) is 1.69. The first-order valence-corrected chi connectivity index (χ1v) is 49.5. The van der Waals surface area contributed by atoms with Gasteiger partial charge in [-0.05, 0) is 270 Å². The Hall–Kier alpha value is -12.8. The molecule has 770 valence electrons. The first-order chi connectivity index (χ1) is 68.7. The van der Waals surface area contributed by atoms with Crippen molar-refractivity contribution in [1.82, 2.24) is 4.98 Å². The van der Waals surface area contributed by atoms with Crippen LogP contribution in [-0.2, 0) is 45.6 Å². The van der Waals surface area contributed by atoms with Gasteiger partial charge >= 0.3 is 0 Å². The maximum atomic E-state index is 12.2. The highest BCUT2D eigenvalue weighted by molar-refractivity contribution is 9.11. The van der Waals surface area contributed by atoms with Gasteiger partial charge in [0.05, 0.1) is 114 Å². The number of H-pyrrole nitrogens is 1. The van der Waals surface area contributed by atoms with Crippen LogP contribution in [0.2, 0.25) is 5.02 Å². The van der Waals surface area contributed by atoms with Gasteiger partial charge in [0.15, 0.2) is 0 Å². The van der Waals surface area contributed by atoms with Gasteiger partial charge in [-0.1, -0.05) is 189 Å². The van der Waals surface area contributed by atoms with E-state index in [0.717, 1.165) is 107 Å². The first kappa shape index (κ1) is 124. The van der Waals surface area contributed by atoms with Crippen molar-refractivity contribution in [2.24, 2.45) is 80.1 Å². The highest BCUT2D eigenvalue weighted by Crippen LogP contribution is 2.33. The van der Waals surface area contributed by atoms with Crippen LogP contribution in [0.25, 0.3) is 26.9 Å². The van der Waals surface area contributed by atoms with Crippen LogP contribution < -0.4 is 63.8 Å². The number of fused-ring (bicyclic) bond motifs is 1. The lowest BCUT2D eigenvalue weighted by atomic mass is 10.0. The standard InChI is InChI=1S/C18H21FN2.C13H16FNO.C12H16BrFN2O.C12H14BrFN2O.C12H14FN3O.C12H17FN2O.C11H16N2.C10H13BrN2.C10H13ClN2/c1-14(20)21-13-16-6-10-18(11-7-16)17-8-4-15(5-9-17)3-2-12-19;1-2-3-10-9-15-13-5-4-11(8-12(10)13)16-7-6-14;1-8(16-9(2)15)10-3-4-12(11(13)7-10)17-6-5-14;1-9(15)7-16-8-10-2-3-12(11(13)6-10)17-5-4-14;1-9(14)16-8-10-3-4-12(17-6-5-13)11(7-10)15-2;1-9(15-10(2)14)11-3-5-12(6-4-11)16-8-7-13;1-3-11(12)13-8-10-6-4-5-9(2)7-10;2*1-2-10(12)13-7-8-4-3-5-9(11)6-8/h4-11H,2-3,12-13H2,1H3,(H2,20,21);4-5,8-9,15H,2-3,6-7H2,1H3;3-4,7-8H,5-6H2,1-2H3,(H2,15,16);2-3,6,8,15H,4-5,7H2,1H3;3-4,7H,5-6,8H2,1H3,(H2,14,16);3-6,9H,7-8H2,1-2H3,(H2,14,15);4-7H,3,8H2,1-2H3,(H2,12,13);2*3-6H,2,7H2,1H3,(H2,12,13). The molecule has 0 saturated carbocycles. The third-order valence-corrected chi connectivity index (χ3v) is 21.4. The third-order valence-electron chi connectivity index (χ3n) is 19.4. The molecule has 11 rings (SSSR count). The summed E-state index contributed by atoms with van der Waals surface area (Å²) in [6.07, 6.45) is 9.71. The summed E-state index contributed by atoms with van der Waals surface area (Å²) in [5, 5.41) is 9.15. The molecule has 2 atom stereocenters. The SMILES string of the molecule is CC(=N)CN=Cc1ccc(OCCF)c(Br)c1.CC(N)=NC(C)c1ccc(OCCF)c(Br)c1.CC(N)=NC(C)c1ccc(OCCF)cc1.CC(N)=NCc1ccc(-c2ccc(CCCF)cc2)cc1.CCC(N)=NCc1cccc(Br)c1.CCC(N)=NCc1cccc(C)c1.CCC(N)=NCc1cccc(Cl)c1.CCCc1c[nH]c2ccc(OCCF)cc12.[C-]#[N+]c1cc(CN=C(C)N)ccc1OCCF. The van der Waals surface area contributed by atoms with E-state index in [1.807, 2.05) is 162 Å².